The van der Waals surface area contributed by atoms with Gasteiger partial charge in [-0.15, -0.1) is 0 Å². The first-order chi connectivity index (χ1) is 21.2. The highest BCUT2D eigenvalue weighted by Gasteiger charge is 2.52. The first-order valence-electron chi connectivity index (χ1n) is 14.8. The summed E-state index contributed by atoms with van der Waals surface area (Å²) in [7, 11) is 0. The Kier molecular flexibility index (Phi) is 8.20. The molecule has 0 radical (unpaired) electrons. The Morgan fingerprint density at radius 1 is 1.11 bits per heavy atom. The lowest BCUT2D eigenvalue weighted by Gasteiger charge is -2.29. The van der Waals surface area contributed by atoms with Gasteiger partial charge in [0.25, 0.3) is 11.8 Å². The van der Waals surface area contributed by atoms with Crippen molar-refractivity contribution in [3.05, 3.63) is 95.0 Å². The first kappa shape index (κ1) is 29.9. The first-order valence-corrected chi connectivity index (χ1v) is 15.1. The lowest BCUT2D eigenvalue weighted by atomic mass is 9.83. The van der Waals surface area contributed by atoms with Gasteiger partial charge in [-0.2, -0.15) is 0 Å². The predicted octanol–water partition coefficient (Wildman–Crippen LogP) is 4.70. The zero-order valence-corrected chi connectivity index (χ0v) is 25.1. The molecule has 3 heterocycles. The molecule has 228 valence electrons. The van der Waals surface area contributed by atoms with Crippen LogP contribution in [0.4, 0.5) is 17.1 Å². The highest BCUT2D eigenvalue weighted by molar-refractivity contribution is 6.31. The summed E-state index contributed by atoms with van der Waals surface area (Å²) in [5.74, 6) is -0.789. The average Bonchev–Trinajstić information content (AvgIpc) is 3.59. The molecule has 2 N–H and O–H groups in total. The van der Waals surface area contributed by atoms with Crippen molar-refractivity contribution in [1.29, 1.82) is 0 Å². The van der Waals surface area contributed by atoms with E-state index in [0.717, 1.165) is 18.4 Å². The molecule has 3 aliphatic rings. The number of carbonyl (C=O) groups is 3. The molecule has 3 aromatic rings. The van der Waals surface area contributed by atoms with E-state index in [0.29, 0.717) is 39.9 Å². The van der Waals surface area contributed by atoms with E-state index in [1.807, 2.05) is 48.5 Å². The van der Waals surface area contributed by atoms with E-state index in [1.165, 1.54) is 0 Å². The highest BCUT2D eigenvalue weighted by Crippen LogP contribution is 2.47. The van der Waals surface area contributed by atoms with E-state index in [9.17, 15) is 24.6 Å². The number of benzene rings is 3. The van der Waals surface area contributed by atoms with Crippen molar-refractivity contribution >= 4 is 46.4 Å². The maximum Gasteiger partial charge on any atom is 0.269 e. The molecule has 1 saturated heterocycles. The van der Waals surface area contributed by atoms with Gasteiger partial charge in [-0.25, -0.2) is 0 Å². The molecule has 3 amide bonds. The Morgan fingerprint density at radius 3 is 2.66 bits per heavy atom. The third kappa shape index (κ3) is 5.25. The topological polar surface area (TPSA) is 111 Å². The number of likely N-dealkylation sites (tertiary alicyclic amines) is 1. The van der Waals surface area contributed by atoms with Crippen molar-refractivity contribution < 1.29 is 29.3 Å². The van der Waals surface area contributed by atoms with E-state index in [1.54, 1.807) is 52.0 Å². The second-order valence-electron chi connectivity index (χ2n) is 11.5. The third-order valence-electron chi connectivity index (χ3n) is 8.76. The minimum absolute atomic E-state index is 0.0544. The smallest absolute Gasteiger partial charge is 0.269 e. The van der Waals surface area contributed by atoms with Crippen molar-refractivity contribution in [3.63, 3.8) is 0 Å². The number of ether oxygens (including phenoxy) is 1. The molecule has 1 fully saturated rings. The van der Waals surface area contributed by atoms with Crippen molar-refractivity contribution in [3.8, 4) is 5.75 Å². The molecule has 44 heavy (non-hydrogen) atoms. The molecule has 6 rings (SSSR count). The van der Waals surface area contributed by atoms with Crippen LogP contribution in [0, 0.1) is 5.92 Å². The van der Waals surface area contributed by atoms with Gasteiger partial charge in [-0.3, -0.25) is 19.3 Å². The number of aliphatic hydroxyl groups excluding tert-OH is 1. The van der Waals surface area contributed by atoms with Gasteiger partial charge in [0, 0.05) is 35.2 Å². The second-order valence-corrected chi connectivity index (χ2v) is 11.9. The molecule has 0 unspecified atom stereocenters. The summed E-state index contributed by atoms with van der Waals surface area (Å²) in [6.07, 6.45) is 5.13. The van der Waals surface area contributed by atoms with E-state index < -0.39 is 17.4 Å². The monoisotopic (exact) mass is 615 g/mol. The number of carbonyl (C=O) groups excluding carboxylic acids is 3. The number of halogens is 1. The number of aliphatic hydroxyl groups is 2. The molecule has 3 aromatic carbocycles. The van der Waals surface area contributed by atoms with Crippen LogP contribution < -0.4 is 14.5 Å². The van der Waals surface area contributed by atoms with Crippen molar-refractivity contribution in [1.82, 2.24) is 4.90 Å². The summed E-state index contributed by atoms with van der Waals surface area (Å²) in [6, 6.07) is 19.6. The van der Waals surface area contributed by atoms with Crippen molar-refractivity contribution in [2.24, 2.45) is 5.92 Å². The summed E-state index contributed by atoms with van der Waals surface area (Å²) < 4.78 is 5.56. The second kappa shape index (κ2) is 12.1. The molecule has 0 bridgehead atoms. The summed E-state index contributed by atoms with van der Waals surface area (Å²) >= 11 is 6.33. The van der Waals surface area contributed by atoms with Crippen LogP contribution in [0.5, 0.6) is 5.75 Å². The third-order valence-corrected chi connectivity index (χ3v) is 8.99. The zero-order chi connectivity index (χ0) is 31.0. The summed E-state index contributed by atoms with van der Waals surface area (Å²) in [5, 5.41) is 21.9. The Morgan fingerprint density at radius 2 is 1.89 bits per heavy atom. The van der Waals surface area contributed by atoms with Gasteiger partial charge in [0.1, 0.15) is 5.75 Å². The maximum absolute atomic E-state index is 14.0. The summed E-state index contributed by atoms with van der Waals surface area (Å²) in [5.41, 5.74) is 1.23. The SMILES string of the molecule is C[C@@H](/C=C/CC(=O)N1CCC[C@H]1CO)[C@]1(O)C(=O)N(Cc2ccc(N3C(=O)COc4ccccc43)cc2)c2ccc(Cl)cc21. The lowest BCUT2D eigenvalue weighted by Crippen LogP contribution is -2.44. The molecule has 10 heteroatoms. The van der Waals surface area contributed by atoms with Crippen LogP contribution in [0.2, 0.25) is 5.02 Å². The van der Waals surface area contributed by atoms with E-state index in [-0.39, 0.29) is 44.0 Å². The van der Waals surface area contributed by atoms with Gasteiger partial charge in [-0.05, 0) is 60.9 Å². The molecule has 9 nitrogen and oxygen atoms in total. The molecule has 3 aliphatic heterocycles. The van der Waals surface area contributed by atoms with Gasteiger partial charge in [-0.1, -0.05) is 54.9 Å². The molecule has 0 saturated carbocycles. The number of para-hydroxylation sites is 2. The van der Waals surface area contributed by atoms with Gasteiger partial charge >= 0.3 is 0 Å². The minimum atomic E-state index is -1.88. The Balaban J connectivity index is 1.21. The summed E-state index contributed by atoms with van der Waals surface area (Å²) in [6.45, 7) is 2.44. The van der Waals surface area contributed by atoms with Crippen molar-refractivity contribution in [2.45, 2.75) is 44.4 Å². The molecule has 0 aliphatic carbocycles. The highest BCUT2D eigenvalue weighted by atomic mass is 35.5. The largest absolute Gasteiger partial charge is 0.482 e. The standard InChI is InChI=1S/C34H34ClN3O6/c1-22(6-4-10-31(40)36-17-5-7-26(36)20-39)34(43)27-18-24(35)13-16-28(27)37(33(34)42)19-23-11-14-25(15-12-23)38-29-8-2-3-9-30(29)44-21-32(38)41/h2-4,6,8-9,11-16,18,22,26,39,43H,5,7,10,17,19-21H2,1H3/b6-4+/t22-,26-,34+/m0/s1. The van der Waals surface area contributed by atoms with Crippen LogP contribution >= 0.6 is 11.6 Å². The van der Waals surface area contributed by atoms with Gasteiger partial charge < -0.3 is 24.7 Å². The molecular weight excluding hydrogens is 582 g/mol. The number of hydrogen-bond donors (Lipinski definition) is 2. The average molecular weight is 616 g/mol. The molecule has 3 atom stereocenters. The normalized spacial score (nSPS) is 21.9. The zero-order valence-electron chi connectivity index (χ0n) is 24.4. The number of rotatable bonds is 8. The quantitative estimate of drug-likeness (QED) is 0.356. The number of hydrogen-bond acceptors (Lipinski definition) is 6. The van der Waals surface area contributed by atoms with Crippen LogP contribution in [-0.4, -0.2) is 58.6 Å². The fraction of sp³-hybridized carbons (Fsp3) is 0.324. The molecular formula is C34H34ClN3O6. The summed E-state index contributed by atoms with van der Waals surface area (Å²) in [4.78, 5) is 44.3. The predicted molar refractivity (Wildman–Crippen MR) is 167 cm³/mol. The van der Waals surface area contributed by atoms with E-state index in [2.05, 4.69) is 0 Å². The number of fused-ring (bicyclic) bond motifs is 2. The van der Waals surface area contributed by atoms with Crippen molar-refractivity contribution in [2.75, 3.05) is 29.6 Å². The number of nitrogens with zero attached hydrogens (tertiary/aromatic N) is 3. The van der Waals surface area contributed by atoms with Crippen LogP contribution in [0.1, 0.15) is 37.3 Å². The van der Waals surface area contributed by atoms with Gasteiger partial charge in [0.15, 0.2) is 12.2 Å². The Bertz CT molecular complexity index is 1630. The van der Waals surface area contributed by atoms with E-state index >= 15 is 0 Å². The minimum Gasteiger partial charge on any atom is -0.482 e. The fourth-order valence-electron chi connectivity index (χ4n) is 6.38. The number of amides is 3. The fourth-order valence-corrected chi connectivity index (χ4v) is 6.55. The maximum atomic E-state index is 14.0. The molecule has 0 aromatic heterocycles. The molecule has 0 spiro atoms. The van der Waals surface area contributed by atoms with Crippen LogP contribution in [0.3, 0.4) is 0 Å². The number of anilines is 3. The lowest BCUT2D eigenvalue weighted by molar-refractivity contribution is -0.139. The van der Waals surface area contributed by atoms with Crippen LogP contribution in [0.25, 0.3) is 0 Å². The van der Waals surface area contributed by atoms with E-state index in [4.69, 9.17) is 16.3 Å². The van der Waals surface area contributed by atoms with Crippen LogP contribution in [0.15, 0.2) is 78.9 Å². The Hall–Kier alpha value is -4.18. The van der Waals surface area contributed by atoms with Crippen LogP contribution in [-0.2, 0) is 26.5 Å². The van der Waals surface area contributed by atoms with Gasteiger partial charge in [0.05, 0.1) is 30.6 Å². The Labute approximate surface area is 260 Å². The van der Waals surface area contributed by atoms with Gasteiger partial charge in [0.2, 0.25) is 5.91 Å².